The molecule has 30 heavy (non-hydrogen) atoms. The van der Waals surface area contributed by atoms with E-state index in [-0.39, 0.29) is 52.9 Å². The second kappa shape index (κ2) is 8.20. The third kappa shape index (κ3) is 4.11. The van der Waals surface area contributed by atoms with Gasteiger partial charge in [0.25, 0.3) is 17.7 Å². The van der Waals surface area contributed by atoms with Crippen LogP contribution in [0.25, 0.3) is 0 Å². The van der Waals surface area contributed by atoms with Crippen molar-refractivity contribution in [1.29, 1.82) is 0 Å². The van der Waals surface area contributed by atoms with Crippen LogP contribution in [0, 0.1) is 0 Å². The Labute approximate surface area is 184 Å². The van der Waals surface area contributed by atoms with Crippen LogP contribution in [0.1, 0.15) is 85.4 Å². The molecule has 1 aliphatic rings. The standard InChI is InChI=1S/C18H18N6O3S3/c1-7-16-22-11(4-28-16)14(26)20-9(3)18-24-12(6-30-18)15(27)21-8(2)17-23-10(5-29-17)13(25)19-7/h4-9H,1-3H3,(H,19,25)(H,20,26)(H,21,27)/t7-,8-,9-/m0/s1. The van der Waals surface area contributed by atoms with Crippen molar-refractivity contribution in [3.8, 4) is 0 Å². The molecular formula is C18H18N6O3S3. The van der Waals surface area contributed by atoms with E-state index in [1.165, 1.54) is 34.0 Å². The minimum absolute atomic E-state index is 0.267. The molecule has 156 valence electrons. The van der Waals surface area contributed by atoms with Gasteiger partial charge in [-0.3, -0.25) is 14.4 Å². The highest BCUT2D eigenvalue weighted by atomic mass is 32.1. The lowest BCUT2D eigenvalue weighted by Gasteiger charge is -2.12. The number of hydrogen-bond acceptors (Lipinski definition) is 9. The Hall–Kier alpha value is -2.70. The Morgan fingerprint density at radius 2 is 0.867 bits per heavy atom. The number of nitrogens with zero attached hydrogens (tertiary/aromatic N) is 3. The zero-order chi connectivity index (χ0) is 21.4. The first-order chi connectivity index (χ1) is 14.3. The van der Waals surface area contributed by atoms with E-state index in [9.17, 15) is 14.4 Å². The Balaban J connectivity index is 1.68. The third-order valence-corrected chi connectivity index (χ3v) is 7.50. The highest BCUT2D eigenvalue weighted by Gasteiger charge is 2.23. The number of fused-ring (bicyclic) bond motifs is 6. The fourth-order valence-corrected chi connectivity index (χ4v) is 5.19. The van der Waals surface area contributed by atoms with Gasteiger partial charge in [-0.25, -0.2) is 15.0 Å². The normalized spacial score (nSPS) is 22.5. The van der Waals surface area contributed by atoms with Gasteiger partial charge in [-0.15, -0.1) is 34.0 Å². The molecular weight excluding hydrogens is 444 g/mol. The van der Waals surface area contributed by atoms with Crippen LogP contribution < -0.4 is 16.0 Å². The van der Waals surface area contributed by atoms with Crippen molar-refractivity contribution < 1.29 is 14.4 Å². The van der Waals surface area contributed by atoms with Gasteiger partial charge in [0.1, 0.15) is 32.1 Å². The predicted molar refractivity (Wildman–Crippen MR) is 114 cm³/mol. The molecule has 12 heteroatoms. The molecule has 9 nitrogen and oxygen atoms in total. The van der Waals surface area contributed by atoms with E-state index in [4.69, 9.17) is 0 Å². The minimum Gasteiger partial charge on any atom is -0.342 e. The Bertz CT molecular complexity index is 982. The molecule has 4 heterocycles. The first kappa shape index (κ1) is 20.6. The van der Waals surface area contributed by atoms with Crippen LogP contribution in [0.4, 0.5) is 0 Å². The van der Waals surface area contributed by atoms with Crippen molar-refractivity contribution >= 4 is 51.7 Å². The van der Waals surface area contributed by atoms with E-state index in [1.54, 1.807) is 36.9 Å². The molecule has 3 aromatic heterocycles. The van der Waals surface area contributed by atoms with Crippen molar-refractivity contribution in [1.82, 2.24) is 30.9 Å². The number of amides is 3. The second-order valence-electron chi connectivity index (χ2n) is 6.80. The second-order valence-corrected chi connectivity index (χ2v) is 9.47. The summed E-state index contributed by atoms with van der Waals surface area (Å²) in [6.07, 6.45) is 0. The molecule has 0 spiro atoms. The van der Waals surface area contributed by atoms with E-state index in [1.807, 2.05) is 0 Å². The van der Waals surface area contributed by atoms with Gasteiger partial charge in [0.15, 0.2) is 0 Å². The Morgan fingerprint density at radius 1 is 0.600 bits per heavy atom. The summed E-state index contributed by atoms with van der Waals surface area (Å²) in [6, 6.07) is -1.16. The van der Waals surface area contributed by atoms with Crippen molar-refractivity contribution in [3.63, 3.8) is 0 Å². The van der Waals surface area contributed by atoms with Crippen LogP contribution in [0.15, 0.2) is 16.1 Å². The van der Waals surface area contributed by atoms with E-state index in [0.717, 1.165) is 0 Å². The molecule has 0 fully saturated rings. The molecule has 0 radical (unpaired) electrons. The van der Waals surface area contributed by atoms with Gasteiger partial charge in [-0.1, -0.05) is 0 Å². The molecule has 0 unspecified atom stereocenters. The predicted octanol–water partition coefficient (Wildman–Crippen LogP) is 2.84. The maximum atomic E-state index is 12.6. The summed E-state index contributed by atoms with van der Waals surface area (Å²) >= 11 is 3.90. The molecule has 1 aliphatic heterocycles. The SMILES string of the molecule is C[C@@H]1NC(=O)c2csc(n2)[C@H](C)NC(=O)c2csc(n2)[C@H](C)NC(=O)c2csc1n2. The summed E-state index contributed by atoms with van der Waals surface area (Å²) in [5.74, 6) is -1.03. The first-order valence-electron chi connectivity index (χ1n) is 9.10. The summed E-state index contributed by atoms with van der Waals surface area (Å²) in [6.45, 7) is 5.39. The summed E-state index contributed by atoms with van der Waals surface area (Å²) in [7, 11) is 0. The van der Waals surface area contributed by atoms with Gasteiger partial charge in [-0.05, 0) is 20.8 Å². The summed E-state index contributed by atoms with van der Waals surface area (Å²) in [5, 5.41) is 15.4. The largest absolute Gasteiger partial charge is 0.342 e. The molecule has 3 aromatic rings. The first-order valence-corrected chi connectivity index (χ1v) is 11.7. The van der Waals surface area contributed by atoms with Crippen LogP contribution in [0.3, 0.4) is 0 Å². The number of carbonyl (C=O) groups excluding carboxylic acids is 3. The van der Waals surface area contributed by atoms with Crippen molar-refractivity contribution in [3.05, 3.63) is 48.2 Å². The summed E-state index contributed by atoms with van der Waals surface area (Å²) in [4.78, 5) is 50.7. The molecule has 0 aromatic carbocycles. The molecule has 6 bridgehead atoms. The monoisotopic (exact) mass is 462 g/mol. The van der Waals surface area contributed by atoms with E-state index < -0.39 is 0 Å². The topological polar surface area (TPSA) is 126 Å². The molecule has 4 rings (SSSR count). The third-order valence-electron chi connectivity index (χ3n) is 4.42. The van der Waals surface area contributed by atoms with E-state index in [2.05, 4.69) is 30.9 Å². The minimum atomic E-state index is -0.385. The molecule has 0 saturated heterocycles. The zero-order valence-electron chi connectivity index (χ0n) is 16.3. The lowest BCUT2D eigenvalue weighted by atomic mass is 10.3. The average Bonchev–Trinajstić information content (AvgIpc) is 3.47. The lowest BCUT2D eigenvalue weighted by molar-refractivity contribution is 0.0931. The van der Waals surface area contributed by atoms with Crippen LogP contribution >= 0.6 is 34.0 Å². The van der Waals surface area contributed by atoms with Gasteiger partial charge in [0.2, 0.25) is 0 Å². The van der Waals surface area contributed by atoms with Crippen LogP contribution in [-0.2, 0) is 0 Å². The van der Waals surface area contributed by atoms with Crippen LogP contribution in [-0.4, -0.2) is 32.7 Å². The van der Waals surface area contributed by atoms with Gasteiger partial charge in [0.05, 0.1) is 18.1 Å². The summed E-state index contributed by atoms with van der Waals surface area (Å²) in [5.41, 5.74) is 0.801. The number of hydrogen-bond donors (Lipinski definition) is 3. The van der Waals surface area contributed by atoms with Crippen LogP contribution in [0.2, 0.25) is 0 Å². The van der Waals surface area contributed by atoms with Gasteiger partial charge >= 0.3 is 0 Å². The van der Waals surface area contributed by atoms with E-state index >= 15 is 0 Å². The zero-order valence-corrected chi connectivity index (χ0v) is 18.7. The maximum absolute atomic E-state index is 12.6. The van der Waals surface area contributed by atoms with Crippen LogP contribution in [0.5, 0.6) is 0 Å². The number of nitrogens with one attached hydrogen (secondary N) is 3. The smallest absolute Gasteiger partial charge is 0.271 e. The lowest BCUT2D eigenvalue weighted by Crippen LogP contribution is -2.29. The highest BCUT2D eigenvalue weighted by Crippen LogP contribution is 2.23. The average molecular weight is 463 g/mol. The maximum Gasteiger partial charge on any atom is 0.271 e. The molecule has 3 atom stereocenters. The fraction of sp³-hybridized carbons (Fsp3) is 0.333. The van der Waals surface area contributed by atoms with E-state index in [0.29, 0.717) is 15.0 Å². The van der Waals surface area contributed by atoms with Gasteiger partial charge in [0, 0.05) is 16.1 Å². The number of carbonyl (C=O) groups is 3. The van der Waals surface area contributed by atoms with Crippen molar-refractivity contribution in [2.24, 2.45) is 0 Å². The summed E-state index contributed by atoms with van der Waals surface area (Å²) < 4.78 is 0. The quantitative estimate of drug-likeness (QED) is 0.472. The van der Waals surface area contributed by atoms with Crippen molar-refractivity contribution in [2.45, 2.75) is 38.9 Å². The molecule has 3 amide bonds. The van der Waals surface area contributed by atoms with Crippen molar-refractivity contribution in [2.75, 3.05) is 0 Å². The fourth-order valence-electron chi connectivity index (χ4n) is 2.77. The molecule has 3 N–H and O–H groups in total. The molecule has 0 saturated carbocycles. The number of aromatic nitrogens is 3. The number of rotatable bonds is 0. The van der Waals surface area contributed by atoms with Gasteiger partial charge < -0.3 is 16.0 Å². The Kier molecular flexibility index (Phi) is 5.62. The highest BCUT2D eigenvalue weighted by molar-refractivity contribution is 7.10. The molecule has 0 aliphatic carbocycles. The Morgan fingerprint density at radius 3 is 1.13 bits per heavy atom. The van der Waals surface area contributed by atoms with Gasteiger partial charge in [-0.2, -0.15) is 0 Å². The number of thiazole rings is 3.